The van der Waals surface area contributed by atoms with Gasteiger partial charge in [0.15, 0.2) is 0 Å². The van der Waals surface area contributed by atoms with Crippen molar-refractivity contribution in [3.63, 3.8) is 0 Å². The van der Waals surface area contributed by atoms with Gasteiger partial charge in [0.2, 0.25) is 0 Å². The number of ether oxygens (including phenoxy) is 1. The third-order valence-electron chi connectivity index (χ3n) is 3.89. The number of hydrogen-bond acceptors (Lipinski definition) is 5. The number of nitrogens with two attached hydrogens (primary N) is 1. The second kappa shape index (κ2) is 5.79. The van der Waals surface area contributed by atoms with Crippen molar-refractivity contribution in [2.24, 2.45) is 5.84 Å². The monoisotopic (exact) mass is 284 g/mol. The molecule has 3 rings (SSSR count). The van der Waals surface area contributed by atoms with Crippen LogP contribution >= 0.6 is 0 Å². The molecule has 5 nitrogen and oxygen atoms in total. The average molecular weight is 284 g/mol. The molecule has 0 aliphatic carbocycles. The minimum absolute atomic E-state index is 0.146. The molecule has 1 atom stereocenters. The first-order chi connectivity index (χ1) is 10.2. The molecule has 5 heteroatoms. The van der Waals surface area contributed by atoms with E-state index in [9.17, 15) is 0 Å². The lowest BCUT2D eigenvalue weighted by atomic mass is 9.93. The summed E-state index contributed by atoms with van der Waals surface area (Å²) in [6, 6.07) is 8.12. The average Bonchev–Trinajstić information content (AvgIpc) is 2.51. The Labute approximate surface area is 124 Å². The predicted molar refractivity (Wildman–Crippen MR) is 80.9 cm³/mol. The fraction of sp³-hybridized carbons (Fsp3) is 0.375. The minimum atomic E-state index is -0.146. The van der Waals surface area contributed by atoms with E-state index in [-0.39, 0.29) is 6.04 Å². The summed E-state index contributed by atoms with van der Waals surface area (Å²) < 4.78 is 5.90. The molecule has 1 aromatic carbocycles. The van der Waals surface area contributed by atoms with Crippen molar-refractivity contribution >= 4 is 0 Å². The normalized spacial score (nSPS) is 15.2. The summed E-state index contributed by atoms with van der Waals surface area (Å²) in [5.74, 6) is 6.79. The van der Waals surface area contributed by atoms with E-state index in [4.69, 9.17) is 10.6 Å². The Morgan fingerprint density at radius 1 is 1.24 bits per heavy atom. The van der Waals surface area contributed by atoms with Crippen molar-refractivity contribution in [2.45, 2.75) is 32.7 Å². The molecule has 1 unspecified atom stereocenters. The highest BCUT2D eigenvalue weighted by atomic mass is 16.5. The SMILES string of the molecule is Cc1cc(C(NN)c2cccc3c2OCCC3)c(C)nn1. The lowest BCUT2D eigenvalue weighted by Gasteiger charge is -2.25. The van der Waals surface area contributed by atoms with Crippen LogP contribution in [-0.2, 0) is 6.42 Å². The summed E-state index contributed by atoms with van der Waals surface area (Å²) in [4.78, 5) is 0. The summed E-state index contributed by atoms with van der Waals surface area (Å²) in [6.45, 7) is 4.64. The molecule has 1 aromatic heterocycles. The molecule has 0 bridgehead atoms. The fourth-order valence-electron chi connectivity index (χ4n) is 2.85. The third kappa shape index (κ3) is 2.62. The lowest BCUT2D eigenvalue weighted by molar-refractivity contribution is 0.283. The number of benzene rings is 1. The zero-order valence-electron chi connectivity index (χ0n) is 12.4. The van der Waals surface area contributed by atoms with E-state index in [2.05, 4.69) is 33.8 Å². The quantitative estimate of drug-likeness (QED) is 0.666. The standard InChI is InChI=1S/C16H20N4O/c1-10-9-14(11(2)20-19-10)15(18-17)13-7-3-5-12-6-4-8-21-16(12)13/h3,5,7,9,15,18H,4,6,8,17H2,1-2H3. The van der Waals surface area contributed by atoms with Crippen LogP contribution in [-0.4, -0.2) is 16.8 Å². The number of aryl methyl sites for hydroxylation is 3. The molecule has 1 aliphatic rings. The maximum absolute atomic E-state index is 5.90. The van der Waals surface area contributed by atoms with E-state index < -0.39 is 0 Å². The number of fused-ring (bicyclic) bond motifs is 1. The smallest absolute Gasteiger partial charge is 0.127 e. The first-order valence-corrected chi connectivity index (χ1v) is 7.22. The topological polar surface area (TPSA) is 73.1 Å². The van der Waals surface area contributed by atoms with E-state index in [1.165, 1.54) is 5.56 Å². The molecule has 0 fully saturated rings. The molecule has 2 aromatic rings. The largest absolute Gasteiger partial charge is 0.493 e. The van der Waals surface area contributed by atoms with Crippen LogP contribution < -0.4 is 16.0 Å². The predicted octanol–water partition coefficient (Wildman–Crippen LogP) is 1.97. The number of aromatic nitrogens is 2. The number of hydrogen-bond donors (Lipinski definition) is 2. The second-order valence-electron chi connectivity index (χ2n) is 5.41. The Bertz CT molecular complexity index is 657. The number of nitrogens with one attached hydrogen (secondary N) is 1. The zero-order chi connectivity index (χ0) is 14.8. The Morgan fingerprint density at radius 3 is 2.90 bits per heavy atom. The number of nitrogens with zero attached hydrogens (tertiary/aromatic N) is 2. The summed E-state index contributed by atoms with van der Waals surface area (Å²) in [5, 5.41) is 8.29. The van der Waals surface area contributed by atoms with Gasteiger partial charge in [-0.15, -0.1) is 0 Å². The van der Waals surface area contributed by atoms with Crippen molar-refractivity contribution in [3.05, 3.63) is 52.3 Å². The number of para-hydroxylation sites is 1. The van der Waals surface area contributed by atoms with Crippen molar-refractivity contribution in [1.29, 1.82) is 0 Å². The van der Waals surface area contributed by atoms with Gasteiger partial charge < -0.3 is 4.74 Å². The maximum atomic E-state index is 5.90. The van der Waals surface area contributed by atoms with Crippen LogP contribution in [0.1, 0.15) is 40.5 Å². The van der Waals surface area contributed by atoms with E-state index in [1.807, 2.05) is 19.9 Å². The zero-order valence-corrected chi connectivity index (χ0v) is 12.4. The van der Waals surface area contributed by atoms with Crippen LogP contribution in [0.2, 0.25) is 0 Å². The first-order valence-electron chi connectivity index (χ1n) is 7.22. The van der Waals surface area contributed by atoms with Crippen LogP contribution in [0.4, 0.5) is 0 Å². The van der Waals surface area contributed by atoms with Gasteiger partial charge in [-0.2, -0.15) is 10.2 Å². The lowest BCUT2D eigenvalue weighted by Crippen LogP contribution is -2.30. The second-order valence-corrected chi connectivity index (χ2v) is 5.41. The summed E-state index contributed by atoms with van der Waals surface area (Å²) in [7, 11) is 0. The molecule has 0 radical (unpaired) electrons. The van der Waals surface area contributed by atoms with Crippen LogP contribution in [0.3, 0.4) is 0 Å². The van der Waals surface area contributed by atoms with Gasteiger partial charge in [-0.25, -0.2) is 5.43 Å². The minimum Gasteiger partial charge on any atom is -0.493 e. The Kier molecular flexibility index (Phi) is 3.86. The molecule has 1 aliphatic heterocycles. The highest BCUT2D eigenvalue weighted by molar-refractivity contribution is 5.48. The molecule has 0 amide bonds. The summed E-state index contributed by atoms with van der Waals surface area (Å²) in [5.41, 5.74) is 7.99. The van der Waals surface area contributed by atoms with Gasteiger partial charge in [-0.3, -0.25) is 5.84 Å². The molecule has 2 heterocycles. The Morgan fingerprint density at radius 2 is 2.10 bits per heavy atom. The van der Waals surface area contributed by atoms with Gasteiger partial charge in [0.05, 0.1) is 24.0 Å². The van der Waals surface area contributed by atoms with Gasteiger partial charge >= 0.3 is 0 Å². The van der Waals surface area contributed by atoms with Crippen molar-refractivity contribution < 1.29 is 4.74 Å². The number of rotatable bonds is 3. The van der Waals surface area contributed by atoms with E-state index >= 15 is 0 Å². The van der Waals surface area contributed by atoms with E-state index in [0.29, 0.717) is 0 Å². The van der Waals surface area contributed by atoms with Crippen molar-refractivity contribution in [3.8, 4) is 5.75 Å². The van der Waals surface area contributed by atoms with E-state index in [1.54, 1.807) is 0 Å². The first kappa shape index (κ1) is 14.0. The van der Waals surface area contributed by atoms with Crippen molar-refractivity contribution in [2.75, 3.05) is 6.61 Å². The van der Waals surface area contributed by atoms with Crippen LogP contribution in [0.5, 0.6) is 5.75 Å². The Balaban J connectivity index is 2.10. The molecular weight excluding hydrogens is 264 g/mol. The molecule has 110 valence electrons. The highest BCUT2D eigenvalue weighted by Crippen LogP contribution is 2.35. The van der Waals surface area contributed by atoms with Gasteiger partial charge in [0, 0.05) is 5.56 Å². The van der Waals surface area contributed by atoms with Crippen molar-refractivity contribution in [1.82, 2.24) is 15.6 Å². The summed E-state index contributed by atoms with van der Waals surface area (Å²) in [6.07, 6.45) is 2.11. The highest BCUT2D eigenvalue weighted by Gasteiger charge is 2.23. The van der Waals surface area contributed by atoms with Gasteiger partial charge in [0.25, 0.3) is 0 Å². The van der Waals surface area contributed by atoms with Crippen LogP contribution in [0, 0.1) is 13.8 Å². The van der Waals surface area contributed by atoms with Gasteiger partial charge in [-0.05, 0) is 43.9 Å². The number of hydrazine groups is 1. The van der Waals surface area contributed by atoms with Crippen LogP contribution in [0.15, 0.2) is 24.3 Å². The fourth-order valence-corrected chi connectivity index (χ4v) is 2.85. The van der Waals surface area contributed by atoms with Gasteiger partial charge in [-0.1, -0.05) is 18.2 Å². The van der Waals surface area contributed by atoms with Crippen LogP contribution in [0.25, 0.3) is 0 Å². The molecule has 0 saturated heterocycles. The summed E-state index contributed by atoms with van der Waals surface area (Å²) >= 11 is 0. The molecule has 0 spiro atoms. The Hall–Kier alpha value is -1.98. The molecule has 3 N–H and O–H groups in total. The van der Waals surface area contributed by atoms with E-state index in [0.717, 1.165) is 47.7 Å². The maximum Gasteiger partial charge on any atom is 0.127 e. The molecular formula is C16H20N4O. The molecule has 21 heavy (non-hydrogen) atoms. The van der Waals surface area contributed by atoms with Gasteiger partial charge in [0.1, 0.15) is 5.75 Å². The third-order valence-corrected chi connectivity index (χ3v) is 3.89. The molecule has 0 saturated carbocycles.